The molecule has 2 atom stereocenters. The Balaban J connectivity index is 2.94. The second kappa shape index (κ2) is 13.1. The normalized spacial score (nSPS) is 16.3. The average molecular weight is 613 g/mol. The zero-order chi connectivity index (χ0) is 32.1. The van der Waals surface area contributed by atoms with Gasteiger partial charge in [-0.15, -0.1) is 0 Å². The Morgan fingerprint density at radius 1 is 0.683 bits per heavy atom. The second-order valence-electron chi connectivity index (χ2n) is 12.0. The third-order valence-electron chi connectivity index (χ3n) is 6.52. The van der Waals surface area contributed by atoms with Gasteiger partial charge in [-0.2, -0.15) is 39.5 Å². The SMILES string of the molecule is CC(C)(C)CC(C)(C(=O)OCCOC(OCCOC(C(F)(F)F)(C(F)(F)F)C(F)(F)F)c1ccccc1)C(C)(C)C. The number of hydrogen-bond donors (Lipinski definition) is 0. The van der Waals surface area contributed by atoms with E-state index < -0.39 is 60.4 Å². The molecule has 0 aliphatic rings. The van der Waals surface area contributed by atoms with Crippen molar-refractivity contribution in [1.82, 2.24) is 0 Å². The van der Waals surface area contributed by atoms with Gasteiger partial charge < -0.3 is 18.9 Å². The van der Waals surface area contributed by atoms with Crippen LogP contribution in [-0.4, -0.2) is 56.5 Å². The van der Waals surface area contributed by atoms with Crippen LogP contribution in [0.2, 0.25) is 0 Å². The van der Waals surface area contributed by atoms with E-state index in [-0.39, 0.29) is 24.2 Å². The number of carbonyl (C=O) groups is 1. The van der Waals surface area contributed by atoms with Crippen molar-refractivity contribution in [2.45, 2.75) is 85.3 Å². The topological polar surface area (TPSA) is 54.0 Å². The van der Waals surface area contributed by atoms with Gasteiger partial charge in [-0.05, 0) is 24.2 Å². The number of carbonyl (C=O) groups excluding carboxylic acids is 1. The van der Waals surface area contributed by atoms with E-state index in [1.165, 1.54) is 24.3 Å². The van der Waals surface area contributed by atoms with E-state index in [1.54, 1.807) is 13.0 Å². The van der Waals surface area contributed by atoms with Crippen molar-refractivity contribution in [2.24, 2.45) is 16.2 Å². The molecule has 0 fully saturated rings. The molecule has 0 heterocycles. The minimum atomic E-state index is -6.85. The zero-order valence-corrected chi connectivity index (χ0v) is 23.9. The van der Waals surface area contributed by atoms with Crippen molar-refractivity contribution in [3.05, 3.63) is 35.9 Å². The van der Waals surface area contributed by atoms with Crippen molar-refractivity contribution in [3.8, 4) is 0 Å². The summed E-state index contributed by atoms with van der Waals surface area (Å²) in [6.45, 7) is 9.93. The molecule has 0 saturated carbocycles. The van der Waals surface area contributed by atoms with E-state index >= 15 is 0 Å². The minimum Gasteiger partial charge on any atom is -0.463 e. The molecule has 0 saturated heterocycles. The molecule has 0 spiro atoms. The summed E-state index contributed by atoms with van der Waals surface area (Å²) in [7, 11) is 0. The van der Waals surface area contributed by atoms with Crippen LogP contribution in [0.4, 0.5) is 39.5 Å². The third kappa shape index (κ3) is 9.21. The Morgan fingerprint density at radius 2 is 1.12 bits per heavy atom. The van der Waals surface area contributed by atoms with Crippen LogP contribution >= 0.6 is 0 Å². The van der Waals surface area contributed by atoms with E-state index in [0.29, 0.717) is 6.42 Å². The molecule has 41 heavy (non-hydrogen) atoms. The maximum Gasteiger partial charge on any atom is 0.435 e. The van der Waals surface area contributed by atoms with Gasteiger partial charge in [-0.3, -0.25) is 4.79 Å². The predicted molar refractivity (Wildman–Crippen MR) is 131 cm³/mol. The van der Waals surface area contributed by atoms with E-state index in [2.05, 4.69) is 4.74 Å². The molecule has 0 aliphatic heterocycles. The van der Waals surface area contributed by atoms with Crippen LogP contribution in [0.15, 0.2) is 30.3 Å². The third-order valence-corrected chi connectivity index (χ3v) is 6.52. The average Bonchev–Trinajstić information content (AvgIpc) is 2.76. The van der Waals surface area contributed by atoms with Gasteiger partial charge in [-0.25, -0.2) is 0 Å². The quantitative estimate of drug-likeness (QED) is 0.103. The molecule has 1 aromatic rings. The van der Waals surface area contributed by atoms with Gasteiger partial charge in [-0.1, -0.05) is 71.9 Å². The second-order valence-corrected chi connectivity index (χ2v) is 12.0. The molecule has 0 bridgehead atoms. The Labute approximate surface area is 233 Å². The molecule has 1 rings (SSSR count). The summed E-state index contributed by atoms with van der Waals surface area (Å²) < 4.78 is 137. The van der Waals surface area contributed by atoms with Gasteiger partial charge in [0.25, 0.3) is 0 Å². The smallest absolute Gasteiger partial charge is 0.435 e. The molecule has 2 unspecified atom stereocenters. The molecule has 0 aromatic heterocycles. The number of ether oxygens (including phenoxy) is 4. The van der Waals surface area contributed by atoms with Crippen LogP contribution in [-0.2, 0) is 23.7 Å². The van der Waals surface area contributed by atoms with Crippen molar-refractivity contribution in [2.75, 3.05) is 26.4 Å². The lowest BCUT2D eigenvalue weighted by Crippen LogP contribution is -2.68. The fourth-order valence-corrected chi connectivity index (χ4v) is 4.08. The first-order chi connectivity index (χ1) is 18.3. The first kappa shape index (κ1) is 37.0. The Morgan fingerprint density at radius 3 is 1.51 bits per heavy atom. The molecule has 0 radical (unpaired) electrons. The van der Waals surface area contributed by atoms with E-state index in [1.807, 2.05) is 41.5 Å². The highest BCUT2D eigenvalue weighted by Gasteiger charge is 2.85. The highest BCUT2D eigenvalue weighted by Crippen LogP contribution is 2.55. The number of benzene rings is 1. The Hall–Kier alpha value is -2.06. The van der Waals surface area contributed by atoms with Gasteiger partial charge >= 0.3 is 30.1 Å². The molecule has 1 aromatic carbocycles. The molecule has 238 valence electrons. The van der Waals surface area contributed by atoms with Gasteiger partial charge in [0.05, 0.1) is 25.2 Å². The van der Waals surface area contributed by atoms with Crippen LogP contribution in [0.25, 0.3) is 0 Å². The van der Waals surface area contributed by atoms with Gasteiger partial charge in [0.15, 0.2) is 6.29 Å². The Kier molecular flexibility index (Phi) is 11.8. The predicted octanol–water partition coefficient (Wildman–Crippen LogP) is 8.19. The van der Waals surface area contributed by atoms with Crippen LogP contribution in [0, 0.1) is 16.2 Å². The van der Waals surface area contributed by atoms with Crippen LogP contribution < -0.4 is 0 Å². The van der Waals surface area contributed by atoms with E-state index in [0.717, 1.165) is 0 Å². The monoisotopic (exact) mass is 612 g/mol. The van der Waals surface area contributed by atoms with Crippen LogP contribution in [0.5, 0.6) is 0 Å². The molecular formula is C27H37F9O5. The summed E-state index contributed by atoms with van der Waals surface area (Å²) in [5.74, 6) is -0.503. The van der Waals surface area contributed by atoms with Gasteiger partial charge in [0.1, 0.15) is 6.61 Å². The lowest BCUT2D eigenvalue weighted by molar-refractivity contribution is -0.458. The highest BCUT2D eigenvalue weighted by molar-refractivity contribution is 5.77. The molecule has 0 amide bonds. The standard InChI is InChI=1S/C27H37F9O5/c1-21(2,3)17-23(7,22(4,5)6)20(37)40-14-13-38-19(18-11-9-8-10-12-18)39-15-16-41-24(25(28,29)30,26(31,32)33)27(34,35)36/h8-12,19H,13-17H2,1-7H3. The summed E-state index contributed by atoms with van der Waals surface area (Å²) in [4.78, 5) is 13.1. The van der Waals surface area contributed by atoms with Crippen LogP contribution in [0.1, 0.15) is 66.7 Å². The summed E-state index contributed by atoms with van der Waals surface area (Å²) in [6.07, 6.45) is -21.5. The lowest BCUT2D eigenvalue weighted by atomic mass is 9.61. The summed E-state index contributed by atoms with van der Waals surface area (Å²) >= 11 is 0. The maximum atomic E-state index is 13.1. The molecule has 0 N–H and O–H groups in total. The maximum absolute atomic E-state index is 13.1. The minimum absolute atomic E-state index is 0.214. The zero-order valence-electron chi connectivity index (χ0n) is 23.9. The number of halogens is 9. The lowest BCUT2D eigenvalue weighted by Gasteiger charge is -2.43. The van der Waals surface area contributed by atoms with Gasteiger partial charge in [0.2, 0.25) is 0 Å². The van der Waals surface area contributed by atoms with Gasteiger partial charge in [0, 0.05) is 5.56 Å². The molecule has 14 heteroatoms. The van der Waals surface area contributed by atoms with E-state index in [4.69, 9.17) is 14.2 Å². The van der Waals surface area contributed by atoms with Crippen molar-refractivity contribution in [1.29, 1.82) is 0 Å². The summed E-state index contributed by atoms with van der Waals surface area (Å²) in [6, 6.07) is 7.54. The van der Waals surface area contributed by atoms with E-state index in [9.17, 15) is 44.3 Å². The Bertz CT molecular complexity index is 925. The molecular weight excluding hydrogens is 575 g/mol. The number of esters is 1. The summed E-state index contributed by atoms with van der Waals surface area (Å²) in [5, 5.41) is 0. The van der Waals surface area contributed by atoms with Crippen molar-refractivity contribution >= 4 is 5.97 Å². The highest BCUT2D eigenvalue weighted by atomic mass is 19.4. The van der Waals surface area contributed by atoms with Crippen molar-refractivity contribution < 1.29 is 63.3 Å². The number of hydrogen-bond acceptors (Lipinski definition) is 5. The largest absolute Gasteiger partial charge is 0.463 e. The summed E-state index contributed by atoms with van der Waals surface area (Å²) in [5.41, 5.74) is -7.74. The van der Waals surface area contributed by atoms with Crippen LogP contribution in [0.3, 0.4) is 0 Å². The van der Waals surface area contributed by atoms with Crippen molar-refractivity contribution in [3.63, 3.8) is 0 Å². The fraction of sp³-hybridized carbons (Fsp3) is 0.741. The first-order valence-corrected chi connectivity index (χ1v) is 12.6. The number of rotatable bonds is 12. The first-order valence-electron chi connectivity index (χ1n) is 12.6. The molecule has 0 aliphatic carbocycles. The molecule has 5 nitrogen and oxygen atoms in total. The number of alkyl halides is 9. The fourth-order valence-electron chi connectivity index (χ4n) is 4.08.